The van der Waals surface area contributed by atoms with E-state index in [9.17, 15) is 26.4 Å². The van der Waals surface area contributed by atoms with E-state index >= 15 is 4.39 Å². The van der Waals surface area contributed by atoms with Crippen LogP contribution in [0.15, 0.2) is 65.6 Å². The zero-order chi connectivity index (χ0) is 27.8. The molecule has 1 aliphatic heterocycles. The van der Waals surface area contributed by atoms with E-state index in [1.807, 2.05) is 0 Å². The standard InChI is InChI=1S/C27H25F4NO5S/c1-16-5-4-6-22(9-16)38(34,35)32(15-21-14-27(2,3)25(33)36-21)24-12-17(7-8-23(24)29)18-10-19(28)13-20(11-18)37-26(30)31/h4-13,21,26H,14-15H2,1-3H3/t21-/m0/s1. The number of cyclic esters (lactones) is 1. The van der Waals surface area contributed by atoms with E-state index in [0.29, 0.717) is 5.56 Å². The van der Waals surface area contributed by atoms with Gasteiger partial charge >= 0.3 is 12.6 Å². The second kappa shape index (κ2) is 10.3. The molecule has 0 aromatic heterocycles. The summed E-state index contributed by atoms with van der Waals surface area (Å²) in [6.07, 6.45) is -0.661. The normalized spacial score (nSPS) is 16.9. The van der Waals surface area contributed by atoms with Gasteiger partial charge in [0, 0.05) is 12.5 Å². The van der Waals surface area contributed by atoms with Crippen LogP contribution >= 0.6 is 0 Å². The summed E-state index contributed by atoms with van der Waals surface area (Å²) in [5, 5.41) is 0. The van der Waals surface area contributed by atoms with Crippen molar-refractivity contribution < 1.29 is 40.2 Å². The van der Waals surface area contributed by atoms with Crippen molar-refractivity contribution in [3.8, 4) is 16.9 Å². The van der Waals surface area contributed by atoms with Crippen LogP contribution in [0.25, 0.3) is 11.1 Å². The first-order chi connectivity index (χ1) is 17.8. The van der Waals surface area contributed by atoms with Gasteiger partial charge in [-0.15, -0.1) is 0 Å². The van der Waals surface area contributed by atoms with Crippen LogP contribution in [0.3, 0.4) is 0 Å². The van der Waals surface area contributed by atoms with Crippen molar-refractivity contribution in [2.45, 2.75) is 44.8 Å². The Balaban J connectivity index is 1.82. The van der Waals surface area contributed by atoms with Crippen molar-refractivity contribution in [3.63, 3.8) is 0 Å². The number of ether oxygens (including phenoxy) is 2. The van der Waals surface area contributed by atoms with Crippen molar-refractivity contribution in [1.29, 1.82) is 0 Å². The molecule has 1 saturated heterocycles. The van der Waals surface area contributed by atoms with Crippen LogP contribution in [0.5, 0.6) is 5.75 Å². The average molecular weight is 552 g/mol. The van der Waals surface area contributed by atoms with Gasteiger partial charge in [-0.05, 0) is 73.9 Å². The Hall–Kier alpha value is -3.60. The van der Waals surface area contributed by atoms with Crippen molar-refractivity contribution in [3.05, 3.63) is 77.9 Å². The highest BCUT2D eigenvalue weighted by Crippen LogP contribution is 2.37. The Kier molecular flexibility index (Phi) is 7.42. The van der Waals surface area contributed by atoms with E-state index in [4.69, 9.17) is 4.74 Å². The summed E-state index contributed by atoms with van der Waals surface area (Å²) in [6, 6.07) is 12.4. The van der Waals surface area contributed by atoms with Crippen LogP contribution in [0.2, 0.25) is 0 Å². The first kappa shape index (κ1) is 27.4. The lowest BCUT2D eigenvalue weighted by Crippen LogP contribution is -2.38. The van der Waals surface area contributed by atoms with Gasteiger partial charge in [-0.2, -0.15) is 8.78 Å². The predicted molar refractivity (Wildman–Crippen MR) is 132 cm³/mol. The molecule has 1 heterocycles. The molecule has 1 aliphatic rings. The van der Waals surface area contributed by atoms with Gasteiger partial charge in [-0.3, -0.25) is 9.10 Å². The molecule has 6 nitrogen and oxygen atoms in total. The molecule has 0 saturated carbocycles. The number of rotatable bonds is 8. The zero-order valence-electron chi connectivity index (χ0n) is 20.8. The molecule has 202 valence electrons. The summed E-state index contributed by atoms with van der Waals surface area (Å²) in [7, 11) is -4.37. The predicted octanol–water partition coefficient (Wildman–Crippen LogP) is 6.08. The molecular formula is C27H25F4NO5S. The molecule has 0 aliphatic carbocycles. The van der Waals surface area contributed by atoms with Gasteiger partial charge < -0.3 is 9.47 Å². The molecule has 3 aromatic rings. The minimum absolute atomic E-state index is 0.0585. The highest BCUT2D eigenvalue weighted by atomic mass is 32.2. The molecule has 0 N–H and O–H groups in total. The lowest BCUT2D eigenvalue weighted by atomic mass is 9.90. The van der Waals surface area contributed by atoms with E-state index in [0.717, 1.165) is 28.6 Å². The van der Waals surface area contributed by atoms with Crippen LogP contribution in [0, 0.1) is 24.0 Å². The SMILES string of the molecule is Cc1cccc(S(=O)(=O)N(C[C@@H]2CC(C)(C)C(=O)O2)c2cc(-c3cc(F)cc(OC(F)F)c3)ccc2F)c1. The number of hydrogen-bond donors (Lipinski definition) is 0. The number of benzene rings is 3. The smallest absolute Gasteiger partial charge is 0.387 e. The third-order valence-electron chi connectivity index (χ3n) is 6.16. The lowest BCUT2D eigenvalue weighted by Gasteiger charge is -2.28. The molecular weight excluding hydrogens is 526 g/mol. The average Bonchev–Trinajstić information content (AvgIpc) is 3.08. The Morgan fingerprint density at radius 3 is 2.42 bits per heavy atom. The van der Waals surface area contributed by atoms with Crippen LogP contribution in [0.1, 0.15) is 25.8 Å². The van der Waals surface area contributed by atoms with Gasteiger partial charge in [0.2, 0.25) is 0 Å². The number of nitrogens with zero attached hydrogens (tertiary/aromatic N) is 1. The second-order valence-corrected chi connectivity index (χ2v) is 11.6. The fourth-order valence-corrected chi connectivity index (χ4v) is 5.91. The second-order valence-electron chi connectivity index (χ2n) is 9.69. The van der Waals surface area contributed by atoms with E-state index in [2.05, 4.69) is 4.74 Å². The van der Waals surface area contributed by atoms with E-state index in [-0.39, 0.29) is 34.7 Å². The summed E-state index contributed by atoms with van der Waals surface area (Å²) in [5.74, 6) is -2.75. The fraction of sp³-hybridized carbons (Fsp3) is 0.296. The summed E-state index contributed by atoms with van der Waals surface area (Å²) in [6.45, 7) is 1.46. The summed E-state index contributed by atoms with van der Waals surface area (Å²) < 4.78 is 93.0. The first-order valence-electron chi connectivity index (χ1n) is 11.6. The number of carbonyl (C=O) groups excluding carboxylic acids is 1. The number of aryl methyl sites for hydroxylation is 1. The van der Waals surface area contributed by atoms with Crippen molar-refractivity contribution in [1.82, 2.24) is 0 Å². The largest absolute Gasteiger partial charge is 0.460 e. The minimum atomic E-state index is -4.37. The van der Waals surface area contributed by atoms with Gasteiger partial charge in [0.1, 0.15) is 23.5 Å². The molecule has 0 unspecified atom stereocenters. The van der Waals surface area contributed by atoms with Gasteiger partial charge in [0.25, 0.3) is 10.0 Å². The zero-order valence-corrected chi connectivity index (χ0v) is 21.6. The Morgan fingerprint density at radius 2 is 1.79 bits per heavy atom. The maximum atomic E-state index is 15.3. The molecule has 3 aromatic carbocycles. The summed E-state index contributed by atoms with van der Waals surface area (Å²) in [5.41, 5.74) is -0.381. The highest BCUT2D eigenvalue weighted by Gasteiger charge is 2.43. The van der Waals surface area contributed by atoms with Crippen molar-refractivity contribution in [2.75, 3.05) is 10.8 Å². The molecule has 0 radical (unpaired) electrons. The van der Waals surface area contributed by atoms with Gasteiger partial charge in [0.05, 0.1) is 22.5 Å². The van der Waals surface area contributed by atoms with Crippen LogP contribution in [0.4, 0.5) is 23.2 Å². The maximum Gasteiger partial charge on any atom is 0.387 e. The third kappa shape index (κ3) is 5.77. The molecule has 4 rings (SSSR count). The number of anilines is 1. The van der Waals surface area contributed by atoms with Gasteiger partial charge in [-0.25, -0.2) is 17.2 Å². The quantitative estimate of drug-likeness (QED) is 0.251. The monoisotopic (exact) mass is 551 g/mol. The van der Waals surface area contributed by atoms with Crippen LogP contribution in [-0.2, 0) is 19.6 Å². The van der Waals surface area contributed by atoms with Crippen LogP contribution in [-0.4, -0.2) is 33.6 Å². The number of carbonyl (C=O) groups is 1. The van der Waals surface area contributed by atoms with Crippen molar-refractivity contribution in [2.24, 2.45) is 5.41 Å². The number of sulfonamides is 1. The number of alkyl halides is 2. The third-order valence-corrected chi connectivity index (χ3v) is 7.93. The lowest BCUT2D eigenvalue weighted by molar-refractivity contribution is -0.147. The summed E-state index contributed by atoms with van der Waals surface area (Å²) >= 11 is 0. The molecule has 1 fully saturated rings. The number of hydrogen-bond acceptors (Lipinski definition) is 5. The van der Waals surface area contributed by atoms with E-state index in [1.54, 1.807) is 32.9 Å². The Labute approximate surface area is 217 Å². The molecule has 1 atom stereocenters. The maximum absolute atomic E-state index is 15.3. The highest BCUT2D eigenvalue weighted by molar-refractivity contribution is 7.92. The molecule has 0 amide bonds. The fourth-order valence-electron chi connectivity index (χ4n) is 4.30. The summed E-state index contributed by atoms with van der Waals surface area (Å²) in [4.78, 5) is 12.2. The Morgan fingerprint density at radius 1 is 1.05 bits per heavy atom. The molecule has 0 spiro atoms. The van der Waals surface area contributed by atoms with E-state index < -0.39 is 51.5 Å². The molecule has 0 bridgehead atoms. The molecule has 11 heteroatoms. The van der Waals surface area contributed by atoms with Crippen LogP contribution < -0.4 is 9.04 Å². The van der Waals surface area contributed by atoms with Crippen molar-refractivity contribution >= 4 is 21.7 Å². The first-order valence-corrected chi connectivity index (χ1v) is 13.1. The topological polar surface area (TPSA) is 72.9 Å². The van der Waals surface area contributed by atoms with Gasteiger partial charge in [-0.1, -0.05) is 18.2 Å². The minimum Gasteiger partial charge on any atom is -0.460 e. The van der Waals surface area contributed by atoms with Gasteiger partial charge in [0.15, 0.2) is 0 Å². The number of halogens is 4. The molecule has 38 heavy (non-hydrogen) atoms. The van der Waals surface area contributed by atoms with E-state index in [1.165, 1.54) is 24.3 Å². The number of esters is 1. The Bertz CT molecular complexity index is 1480.